The molecule has 1 N–H and O–H groups in total. The Bertz CT molecular complexity index is 260. The zero-order valence-corrected chi connectivity index (χ0v) is 9.15. The number of rotatable bonds is 5. The van der Waals surface area contributed by atoms with E-state index in [0.29, 0.717) is 6.42 Å². The summed E-state index contributed by atoms with van der Waals surface area (Å²) in [4.78, 5) is 13.0. The van der Waals surface area contributed by atoms with Gasteiger partial charge in [-0.2, -0.15) is 5.26 Å². The van der Waals surface area contributed by atoms with Gasteiger partial charge in [-0.25, -0.2) is 0 Å². The lowest BCUT2D eigenvalue weighted by Gasteiger charge is -2.22. The van der Waals surface area contributed by atoms with Crippen molar-refractivity contribution in [3.05, 3.63) is 0 Å². The minimum Gasteiger partial charge on any atom is -0.480 e. The number of carboxylic acid groups (broad SMARTS) is 1. The highest BCUT2D eigenvalue weighted by Crippen LogP contribution is 2.24. The summed E-state index contributed by atoms with van der Waals surface area (Å²) in [6.45, 7) is 3.68. The van der Waals surface area contributed by atoms with Gasteiger partial charge in [0.15, 0.2) is 0 Å². The molecule has 1 heterocycles. The van der Waals surface area contributed by atoms with Crippen molar-refractivity contribution in [2.45, 2.75) is 38.6 Å². The summed E-state index contributed by atoms with van der Waals surface area (Å²) < 4.78 is 0. The quantitative estimate of drug-likeness (QED) is 0.698. The molecule has 4 heteroatoms. The van der Waals surface area contributed by atoms with Crippen molar-refractivity contribution in [1.29, 1.82) is 5.26 Å². The summed E-state index contributed by atoms with van der Waals surface area (Å²) in [6.07, 6.45) is 3.33. The Kier molecular flexibility index (Phi) is 4.57. The van der Waals surface area contributed by atoms with Crippen molar-refractivity contribution < 1.29 is 9.90 Å². The van der Waals surface area contributed by atoms with Crippen LogP contribution < -0.4 is 0 Å². The van der Waals surface area contributed by atoms with Crippen LogP contribution >= 0.6 is 0 Å². The first kappa shape index (κ1) is 12.0. The molecule has 84 valence electrons. The number of nitrogens with zero attached hydrogens (tertiary/aromatic N) is 2. The third-order valence-corrected chi connectivity index (χ3v) is 3.04. The molecule has 1 fully saturated rings. The van der Waals surface area contributed by atoms with Gasteiger partial charge in [0.05, 0.1) is 6.07 Å². The second-order valence-electron chi connectivity index (χ2n) is 4.20. The molecule has 1 aliphatic rings. The Morgan fingerprint density at radius 2 is 2.33 bits per heavy atom. The van der Waals surface area contributed by atoms with Crippen LogP contribution in [0, 0.1) is 17.2 Å². The lowest BCUT2D eigenvalue weighted by Crippen LogP contribution is -2.39. The van der Waals surface area contributed by atoms with E-state index in [9.17, 15) is 4.79 Å². The fraction of sp³-hybridized carbons (Fsp3) is 0.818. The Morgan fingerprint density at radius 3 is 2.93 bits per heavy atom. The number of likely N-dealkylation sites (tertiary alicyclic amines) is 1. The Morgan fingerprint density at radius 1 is 1.60 bits per heavy atom. The smallest absolute Gasteiger partial charge is 0.321 e. The number of hydrogen-bond donors (Lipinski definition) is 1. The van der Waals surface area contributed by atoms with Gasteiger partial charge in [-0.3, -0.25) is 9.69 Å². The van der Waals surface area contributed by atoms with Crippen LogP contribution in [-0.4, -0.2) is 35.1 Å². The molecule has 0 amide bonds. The van der Waals surface area contributed by atoms with Crippen molar-refractivity contribution in [3.63, 3.8) is 0 Å². The highest BCUT2D eigenvalue weighted by atomic mass is 16.4. The lowest BCUT2D eigenvalue weighted by molar-refractivity contribution is -0.143. The van der Waals surface area contributed by atoms with Gasteiger partial charge in [0.25, 0.3) is 0 Å². The summed E-state index contributed by atoms with van der Waals surface area (Å²) in [5.41, 5.74) is 0. The van der Waals surface area contributed by atoms with Crippen molar-refractivity contribution in [2.24, 2.45) is 5.92 Å². The van der Waals surface area contributed by atoms with Crippen molar-refractivity contribution in [2.75, 3.05) is 13.1 Å². The van der Waals surface area contributed by atoms with E-state index in [-0.39, 0.29) is 12.0 Å². The van der Waals surface area contributed by atoms with Gasteiger partial charge in [-0.1, -0.05) is 6.92 Å². The van der Waals surface area contributed by atoms with Gasteiger partial charge in [0.2, 0.25) is 0 Å². The van der Waals surface area contributed by atoms with Crippen LogP contribution in [0.3, 0.4) is 0 Å². The first-order valence-corrected chi connectivity index (χ1v) is 5.50. The standard InChI is InChI=1S/C11H18N2O2/c1-9-5-8-13(10(9)11(14)15)7-4-2-3-6-12/h9-10H,2-5,7-8H2,1H3,(H,14,15). The highest BCUT2D eigenvalue weighted by molar-refractivity contribution is 5.74. The summed E-state index contributed by atoms with van der Waals surface area (Å²) in [6, 6.07) is 1.79. The van der Waals surface area contributed by atoms with Gasteiger partial charge in [-0.15, -0.1) is 0 Å². The second-order valence-corrected chi connectivity index (χ2v) is 4.20. The number of hydrogen-bond acceptors (Lipinski definition) is 3. The monoisotopic (exact) mass is 210 g/mol. The fourth-order valence-electron chi connectivity index (χ4n) is 2.20. The molecule has 0 bridgehead atoms. The fourth-order valence-corrected chi connectivity index (χ4v) is 2.20. The summed E-state index contributed by atoms with van der Waals surface area (Å²) in [7, 11) is 0. The van der Waals surface area contributed by atoms with Crippen LogP contribution in [-0.2, 0) is 4.79 Å². The van der Waals surface area contributed by atoms with Gasteiger partial charge in [0, 0.05) is 6.42 Å². The Labute approximate surface area is 90.5 Å². The molecule has 1 aliphatic heterocycles. The van der Waals surface area contributed by atoms with E-state index in [0.717, 1.165) is 32.4 Å². The molecule has 15 heavy (non-hydrogen) atoms. The predicted molar refractivity (Wildman–Crippen MR) is 56.2 cm³/mol. The zero-order valence-electron chi connectivity index (χ0n) is 9.15. The number of nitriles is 1. The zero-order chi connectivity index (χ0) is 11.3. The molecule has 0 aromatic rings. The van der Waals surface area contributed by atoms with E-state index in [1.54, 1.807) is 0 Å². The maximum Gasteiger partial charge on any atom is 0.321 e. The Hall–Kier alpha value is -1.08. The van der Waals surface area contributed by atoms with Crippen LogP contribution in [0.5, 0.6) is 0 Å². The average Bonchev–Trinajstić information content (AvgIpc) is 2.54. The highest BCUT2D eigenvalue weighted by Gasteiger charge is 2.35. The number of carbonyl (C=O) groups is 1. The van der Waals surface area contributed by atoms with Gasteiger partial charge in [0.1, 0.15) is 6.04 Å². The van der Waals surface area contributed by atoms with E-state index >= 15 is 0 Å². The molecule has 4 nitrogen and oxygen atoms in total. The SMILES string of the molecule is CC1CCN(CCCCC#N)C1C(=O)O. The minimum absolute atomic E-state index is 0.249. The van der Waals surface area contributed by atoms with Gasteiger partial charge < -0.3 is 5.11 Å². The number of carboxylic acids is 1. The molecule has 0 spiro atoms. The topological polar surface area (TPSA) is 64.3 Å². The molecule has 2 atom stereocenters. The Balaban J connectivity index is 2.34. The average molecular weight is 210 g/mol. The molecular formula is C11H18N2O2. The van der Waals surface area contributed by atoms with Crippen LogP contribution in [0.4, 0.5) is 0 Å². The maximum absolute atomic E-state index is 11.0. The van der Waals surface area contributed by atoms with E-state index in [2.05, 4.69) is 6.07 Å². The molecule has 2 unspecified atom stereocenters. The van der Waals surface area contributed by atoms with Crippen LogP contribution in [0.2, 0.25) is 0 Å². The van der Waals surface area contributed by atoms with Crippen LogP contribution in [0.15, 0.2) is 0 Å². The normalized spacial score (nSPS) is 26.4. The third kappa shape index (κ3) is 3.21. The van der Waals surface area contributed by atoms with E-state index in [1.807, 2.05) is 11.8 Å². The summed E-state index contributed by atoms with van der Waals surface area (Å²) >= 11 is 0. The van der Waals surface area contributed by atoms with Crippen LogP contribution in [0.25, 0.3) is 0 Å². The predicted octanol–water partition coefficient (Wildman–Crippen LogP) is 1.48. The second kappa shape index (κ2) is 5.72. The van der Waals surface area contributed by atoms with E-state index in [1.165, 1.54) is 0 Å². The van der Waals surface area contributed by atoms with Gasteiger partial charge in [-0.05, 0) is 38.3 Å². The molecule has 0 aliphatic carbocycles. The number of unbranched alkanes of at least 4 members (excludes halogenated alkanes) is 2. The van der Waals surface area contributed by atoms with Crippen molar-refractivity contribution in [3.8, 4) is 6.07 Å². The molecule has 0 aromatic heterocycles. The lowest BCUT2D eigenvalue weighted by atomic mass is 10.0. The number of aliphatic carboxylic acids is 1. The maximum atomic E-state index is 11.0. The van der Waals surface area contributed by atoms with E-state index < -0.39 is 5.97 Å². The first-order chi connectivity index (χ1) is 7.16. The molecule has 0 aromatic carbocycles. The van der Waals surface area contributed by atoms with Crippen molar-refractivity contribution >= 4 is 5.97 Å². The molecule has 1 rings (SSSR count). The molecule has 0 saturated carbocycles. The molecule has 0 radical (unpaired) electrons. The third-order valence-electron chi connectivity index (χ3n) is 3.04. The molecular weight excluding hydrogens is 192 g/mol. The summed E-state index contributed by atoms with van der Waals surface area (Å²) in [5.74, 6) is -0.459. The van der Waals surface area contributed by atoms with Gasteiger partial charge >= 0.3 is 5.97 Å². The largest absolute Gasteiger partial charge is 0.480 e. The molecule has 1 saturated heterocycles. The van der Waals surface area contributed by atoms with Crippen molar-refractivity contribution in [1.82, 2.24) is 4.90 Å². The minimum atomic E-state index is -0.708. The van der Waals surface area contributed by atoms with E-state index in [4.69, 9.17) is 10.4 Å². The summed E-state index contributed by atoms with van der Waals surface area (Å²) in [5, 5.41) is 17.4. The first-order valence-electron chi connectivity index (χ1n) is 5.50. The van der Waals surface area contributed by atoms with Crippen LogP contribution in [0.1, 0.15) is 32.6 Å².